The summed E-state index contributed by atoms with van der Waals surface area (Å²) in [6.07, 6.45) is 3.88. The van der Waals surface area contributed by atoms with Crippen LogP contribution in [0.1, 0.15) is 30.9 Å². The van der Waals surface area contributed by atoms with E-state index < -0.39 is 10.8 Å². The SMILES string of the molecule is CCCCOc1cc2c(c(=C=O)c1)=Cc1cc(C)ccc1S2=O. The molecule has 4 heteroatoms. The summed E-state index contributed by atoms with van der Waals surface area (Å²) in [7, 11) is -1.32. The smallest absolute Gasteiger partial charge is 0.133 e. The van der Waals surface area contributed by atoms with Gasteiger partial charge in [-0.15, -0.1) is 0 Å². The summed E-state index contributed by atoms with van der Waals surface area (Å²) in [6, 6.07) is 9.27. The molecule has 1 unspecified atom stereocenters. The Morgan fingerprint density at radius 1 is 1.17 bits per heavy atom. The number of carbonyl (C=O) groups excluding carboxylic acids is 1. The van der Waals surface area contributed by atoms with Gasteiger partial charge in [0.1, 0.15) is 11.7 Å². The molecule has 0 bridgehead atoms. The van der Waals surface area contributed by atoms with Gasteiger partial charge in [-0.25, -0.2) is 9.00 Å². The van der Waals surface area contributed by atoms with Crippen LogP contribution in [-0.4, -0.2) is 16.8 Å². The van der Waals surface area contributed by atoms with Crippen molar-refractivity contribution in [2.45, 2.75) is 36.5 Å². The third-order valence-electron chi connectivity index (χ3n) is 3.86. The lowest BCUT2D eigenvalue weighted by Crippen LogP contribution is -2.32. The van der Waals surface area contributed by atoms with E-state index in [1.165, 1.54) is 0 Å². The molecule has 0 radical (unpaired) electrons. The minimum absolute atomic E-state index is 0.398. The predicted molar refractivity (Wildman–Crippen MR) is 90.3 cm³/mol. The molecule has 0 N–H and O–H groups in total. The van der Waals surface area contributed by atoms with E-state index in [4.69, 9.17) is 4.74 Å². The lowest BCUT2D eigenvalue weighted by Gasteiger charge is -2.15. The summed E-state index contributed by atoms with van der Waals surface area (Å²) < 4.78 is 18.6. The molecule has 1 aliphatic rings. The third-order valence-corrected chi connectivity index (χ3v) is 5.37. The molecular weight excluding hydrogens is 308 g/mol. The minimum atomic E-state index is -1.32. The molecule has 118 valence electrons. The number of hydrogen-bond donors (Lipinski definition) is 0. The van der Waals surface area contributed by atoms with E-state index in [2.05, 4.69) is 6.92 Å². The Labute approximate surface area is 137 Å². The molecule has 3 rings (SSSR count). The van der Waals surface area contributed by atoms with Gasteiger partial charge < -0.3 is 4.74 Å². The van der Waals surface area contributed by atoms with Crippen LogP contribution in [0.5, 0.6) is 5.75 Å². The zero-order valence-corrected chi connectivity index (χ0v) is 14.0. The van der Waals surface area contributed by atoms with Gasteiger partial charge in [0.2, 0.25) is 0 Å². The van der Waals surface area contributed by atoms with E-state index in [9.17, 15) is 9.00 Å². The zero-order valence-electron chi connectivity index (χ0n) is 13.2. The van der Waals surface area contributed by atoms with Crippen LogP contribution in [0.4, 0.5) is 0 Å². The first-order valence-electron chi connectivity index (χ1n) is 7.70. The summed E-state index contributed by atoms with van der Waals surface area (Å²) in [5, 5.41) is 1.08. The van der Waals surface area contributed by atoms with Gasteiger partial charge in [-0.2, -0.15) is 0 Å². The predicted octanol–water partition coefficient (Wildman–Crippen LogP) is 1.99. The first-order valence-corrected chi connectivity index (χ1v) is 8.85. The van der Waals surface area contributed by atoms with Gasteiger partial charge in [-0.05, 0) is 43.2 Å². The standard InChI is InChI=1S/C19H18O3S/c1-3-4-7-22-16-9-15(12-20)17-10-14-8-13(2)5-6-18(14)23(21)19(17)11-16/h5-6,8-11H,3-4,7H2,1-2H3. The van der Waals surface area contributed by atoms with Crippen LogP contribution in [-0.2, 0) is 15.6 Å². The van der Waals surface area contributed by atoms with Crippen molar-refractivity contribution in [1.29, 1.82) is 0 Å². The van der Waals surface area contributed by atoms with Gasteiger partial charge >= 0.3 is 0 Å². The van der Waals surface area contributed by atoms with Crippen molar-refractivity contribution >= 4 is 22.8 Å². The van der Waals surface area contributed by atoms with Crippen molar-refractivity contribution < 1.29 is 13.7 Å². The maximum absolute atomic E-state index is 12.9. The second-order valence-corrected chi connectivity index (χ2v) is 7.06. The maximum Gasteiger partial charge on any atom is 0.133 e. The molecule has 2 aromatic rings. The fourth-order valence-corrected chi connectivity index (χ4v) is 3.98. The number of hydrogen-bond acceptors (Lipinski definition) is 3. The molecule has 0 aliphatic carbocycles. The fraction of sp³-hybridized carbons (Fsp3) is 0.263. The largest absolute Gasteiger partial charge is 0.494 e. The number of fused-ring (bicyclic) bond motifs is 2. The van der Waals surface area contributed by atoms with E-state index in [1.807, 2.05) is 37.1 Å². The summed E-state index contributed by atoms with van der Waals surface area (Å²) >= 11 is 0. The fourth-order valence-electron chi connectivity index (χ4n) is 2.63. The van der Waals surface area contributed by atoms with E-state index in [1.54, 1.807) is 12.1 Å². The van der Waals surface area contributed by atoms with Crippen LogP contribution in [0.3, 0.4) is 0 Å². The molecule has 1 aliphatic heterocycles. The monoisotopic (exact) mass is 326 g/mol. The summed E-state index contributed by atoms with van der Waals surface area (Å²) in [6.45, 7) is 4.66. The average molecular weight is 326 g/mol. The first kappa shape index (κ1) is 15.7. The molecule has 0 spiro atoms. The topological polar surface area (TPSA) is 43.4 Å². The van der Waals surface area contributed by atoms with Crippen molar-refractivity contribution in [1.82, 2.24) is 0 Å². The van der Waals surface area contributed by atoms with Crippen molar-refractivity contribution in [2.24, 2.45) is 0 Å². The highest BCUT2D eigenvalue weighted by atomic mass is 32.2. The normalized spacial score (nSPS) is 15.1. The van der Waals surface area contributed by atoms with Gasteiger partial charge in [0.05, 0.1) is 32.4 Å². The number of unbranched alkanes of at least 4 members (excludes halogenated alkanes) is 1. The molecule has 0 fully saturated rings. The Morgan fingerprint density at radius 2 is 2.00 bits per heavy atom. The van der Waals surface area contributed by atoms with Gasteiger partial charge in [-0.3, -0.25) is 0 Å². The van der Waals surface area contributed by atoms with Crippen LogP contribution in [0.2, 0.25) is 0 Å². The Kier molecular flexibility index (Phi) is 4.46. The number of benzene rings is 2. The van der Waals surface area contributed by atoms with Crippen LogP contribution < -0.4 is 15.2 Å². The molecule has 2 aromatic carbocycles. The van der Waals surface area contributed by atoms with Crippen LogP contribution >= 0.6 is 0 Å². The lowest BCUT2D eigenvalue weighted by molar-refractivity contribution is 0.308. The maximum atomic E-state index is 12.9. The van der Waals surface area contributed by atoms with Crippen molar-refractivity contribution in [3.63, 3.8) is 0 Å². The van der Waals surface area contributed by atoms with E-state index in [0.717, 1.165) is 28.9 Å². The van der Waals surface area contributed by atoms with Gasteiger partial charge in [0.25, 0.3) is 0 Å². The highest BCUT2D eigenvalue weighted by Gasteiger charge is 2.19. The third kappa shape index (κ3) is 3.00. The highest BCUT2D eigenvalue weighted by molar-refractivity contribution is 7.85. The molecule has 3 nitrogen and oxygen atoms in total. The zero-order chi connectivity index (χ0) is 16.4. The molecule has 23 heavy (non-hydrogen) atoms. The van der Waals surface area contributed by atoms with Crippen molar-refractivity contribution in [2.75, 3.05) is 6.61 Å². The Hall–Kier alpha value is -2.16. The molecule has 0 aromatic heterocycles. The van der Waals surface area contributed by atoms with Gasteiger partial charge in [0.15, 0.2) is 0 Å². The van der Waals surface area contributed by atoms with Crippen LogP contribution in [0.25, 0.3) is 6.08 Å². The molecule has 1 atom stereocenters. The highest BCUT2D eigenvalue weighted by Crippen LogP contribution is 2.25. The first-order chi connectivity index (χ1) is 11.1. The number of rotatable bonds is 4. The Balaban J connectivity index is 2.18. The Morgan fingerprint density at radius 3 is 2.74 bits per heavy atom. The van der Waals surface area contributed by atoms with E-state index >= 15 is 0 Å². The van der Waals surface area contributed by atoms with Crippen molar-refractivity contribution in [3.05, 3.63) is 51.9 Å². The molecule has 0 amide bonds. The Bertz CT molecular complexity index is 924. The lowest BCUT2D eigenvalue weighted by atomic mass is 10.1. The minimum Gasteiger partial charge on any atom is -0.494 e. The molecule has 0 saturated carbocycles. The van der Waals surface area contributed by atoms with Crippen molar-refractivity contribution in [3.8, 4) is 5.75 Å². The second-order valence-electron chi connectivity index (χ2n) is 5.64. The number of ether oxygens (including phenoxy) is 1. The summed E-state index contributed by atoms with van der Waals surface area (Å²) in [4.78, 5) is 12.7. The van der Waals surface area contributed by atoms with Gasteiger partial charge in [0, 0.05) is 5.22 Å². The quantitative estimate of drug-likeness (QED) is 0.689. The number of aryl methyl sites for hydroxylation is 1. The van der Waals surface area contributed by atoms with Crippen LogP contribution in [0, 0.1) is 6.92 Å². The summed E-state index contributed by atoms with van der Waals surface area (Å²) in [5.74, 6) is 2.53. The summed E-state index contributed by atoms with van der Waals surface area (Å²) in [5.41, 5.74) is 1.99. The van der Waals surface area contributed by atoms with E-state index in [0.29, 0.717) is 27.7 Å². The average Bonchev–Trinajstić information content (AvgIpc) is 2.55. The van der Waals surface area contributed by atoms with Gasteiger partial charge in [-0.1, -0.05) is 31.0 Å². The molecule has 1 heterocycles. The molecule has 0 saturated heterocycles. The molecular formula is C19H18O3S. The van der Waals surface area contributed by atoms with E-state index in [-0.39, 0.29) is 0 Å². The second kappa shape index (κ2) is 6.53. The van der Waals surface area contributed by atoms with Crippen LogP contribution in [0.15, 0.2) is 40.1 Å².